The number of amides is 1. The molecule has 3 rings (SSSR count). The number of benzene rings is 1. The van der Waals surface area contributed by atoms with Crippen LogP contribution in [0.5, 0.6) is 0 Å². The van der Waals surface area contributed by atoms with Crippen LogP contribution in [0.25, 0.3) is 0 Å². The molecule has 2 aliphatic rings. The van der Waals surface area contributed by atoms with E-state index in [2.05, 4.69) is 18.7 Å². The van der Waals surface area contributed by atoms with E-state index < -0.39 is 0 Å². The predicted molar refractivity (Wildman–Crippen MR) is 105 cm³/mol. The molecular formula is C18H29Cl2N3O. The largest absolute Gasteiger partial charge is 0.398 e. The summed E-state index contributed by atoms with van der Waals surface area (Å²) >= 11 is 0. The second-order valence-electron chi connectivity index (χ2n) is 6.84. The van der Waals surface area contributed by atoms with Gasteiger partial charge >= 0.3 is 0 Å². The molecule has 24 heavy (non-hydrogen) atoms. The van der Waals surface area contributed by atoms with Crippen LogP contribution in [0.15, 0.2) is 18.2 Å². The molecule has 2 aliphatic heterocycles. The van der Waals surface area contributed by atoms with Crippen molar-refractivity contribution in [2.45, 2.75) is 45.6 Å². The van der Waals surface area contributed by atoms with Crippen LogP contribution in [-0.4, -0.2) is 36.5 Å². The number of carbonyl (C=O) groups is 1. The van der Waals surface area contributed by atoms with Crippen molar-refractivity contribution in [3.63, 3.8) is 0 Å². The van der Waals surface area contributed by atoms with E-state index in [0.717, 1.165) is 62.3 Å². The monoisotopic (exact) mass is 373 g/mol. The number of halogens is 2. The molecule has 0 spiro atoms. The highest BCUT2D eigenvalue weighted by Crippen LogP contribution is 2.33. The molecule has 136 valence electrons. The fourth-order valence-electron chi connectivity index (χ4n) is 3.76. The second kappa shape index (κ2) is 8.93. The molecule has 4 nitrogen and oxygen atoms in total. The fourth-order valence-corrected chi connectivity index (χ4v) is 3.76. The number of fused-ring (bicyclic) bond motifs is 1. The molecule has 1 amide bonds. The Labute approximate surface area is 157 Å². The second-order valence-corrected chi connectivity index (χ2v) is 6.84. The molecule has 2 N–H and O–H groups in total. The van der Waals surface area contributed by atoms with Crippen molar-refractivity contribution < 1.29 is 4.79 Å². The van der Waals surface area contributed by atoms with Gasteiger partial charge in [-0.15, -0.1) is 24.8 Å². The number of carbonyl (C=O) groups excluding carboxylic acids is 1. The van der Waals surface area contributed by atoms with Crippen molar-refractivity contribution in [1.82, 2.24) is 4.90 Å². The Morgan fingerprint density at radius 2 is 1.83 bits per heavy atom. The quantitative estimate of drug-likeness (QED) is 0.806. The van der Waals surface area contributed by atoms with Gasteiger partial charge < -0.3 is 15.5 Å². The summed E-state index contributed by atoms with van der Waals surface area (Å²) in [6.45, 7) is 7.36. The maximum atomic E-state index is 13.0. The van der Waals surface area contributed by atoms with Crippen LogP contribution in [0.2, 0.25) is 0 Å². The minimum atomic E-state index is 0. The Morgan fingerprint density at radius 3 is 2.46 bits per heavy atom. The van der Waals surface area contributed by atoms with E-state index in [4.69, 9.17) is 5.73 Å². The molecule has 6 heteroatoms. The SMILES string of the molecule is CC(C)N1CCC(C(=O)N2CCCc3c(N)cccc32)CC1.Cl.Cl. The Hall–Kier alpha value is -0.970. The minimum Gasteiger partial charge on any atom is -0.398 e. The van der Waals surface area contributed by atoms with E-state index in [1.165, 1.54) is 0 Å². The molecule has 1 saturated heterocycles. The number of rotatable bonds is 2. The summed E-state index contributed by atoms with van der Waals surface area (Å²) in [4.78, 5) is 17.4. The van der Waals surface area contributed by atoms with E-state index in [-0.39, 0.29) is 30.7 Å². The van der Waals surface area contributed by atoms with Gasteiger partial charge in [-0.1, -0.05) is 6.07 Å². The maximum absolute atomic E-state index is 13.0. The van der Waals surface area contributed by atoms with E-state index in [1.807, 2.05) is 23.1 Å². The lowest BCUT2D eigenvalue weighted by Crippen LogP contribution is -2.45. The standard InChI is InChI=1S/C18H27N3O.2ClH/c1-13(2)20-11-8-14(9-12-20)18(22)21-10-4-5-15-16(19)6-3-7-17(15)21;;/h3,6-7,13-14H,4-5,8-12,19H2,1-2H3;2*1H. The van der Waals surface area contributed by atoms with Crippen LogP contribution < -0.4 is 10.6 Å². The molecule has 0 bridgehead atoms. The molecule has 0 radical (unpaired) electrons. The summed E-state index contributed by atoms with van der Waals surface area (Å²) < 4.78 is 0. The Balaban J connectivity index is 0.00000144. The summed E-state index contributed by atoms with van der Waals surface area (Å²) in [7, 11) is 0. The highest BCUT2D eigenvalue weighted by Gasteiger charge is 2.32. The summed E-state index contributed by atoms with van der Waals surface area (Å²) in [6.07, 6.45) is 3.95. The zero-order valence-electron chi connectivity index (χ0n) is 14.5. The number of piperidine rings is 1. The van der Waals surface area contributed by atoms with Crippen molar-refractivity contribution in [3.8, 4) is 0 Å². The lowest BCUT2D eigenvalue weighted by Gasteiger charge is -2.37. The Bertz CT molecular complexity index is 557. The Morgan fingerprint density at radius 1 is 1.17 bits per heavy atom. The van der Waals surface area contributed by atoms with Crippen LogP contribution in [0.4, 0.5) is 11.4 Å². The lowest BCUT2D eigenvalue weighted by atomic mass is 9.92. The number of nitrogen functional groups attached to an aromatic ring is 1. The Kier molecular flexibility index (Phi) is 7.84. The molecule has 0 aliphatic carbocycles. The topological polar surface area (TPSA) is 49.6 Å². The fraction of sp³-hybridized carbons (Fsp3) is 0.611. The van der Waals surface area contributed by atoms with Gasteiger partial charge in [-0.25, -0.2) is 0 Å². The first-order valence-electron chi connectivity index (χ1n) is 8.50. The molecule has 2 heterocycles. The molecule has 0 atom stereocenters. The zero-order chi connectivity index (χ0) is 15.7. The van der Waals surface area contributed by atoms with Crippen LogP contribution in [0.1, 0.15) is 38.7 Å². The maximum Gasteiger partial charge on any atom is 0.230 e. The van der Waals surface area contributed by atoms with E-state index in [9.17, 15) is 4.79 Å². The number of hydrogen-bond donors (Lipinski definition) is 1. The number of nitrogens with two attached hydrogens (primary N) is 1. The molecule has 1 aromatic rings. The van der Waals surface area contributed by atoms with Gasteiger partial charge in [-0.3, -0.25) is 4.79 Å². The van der Waals surface area contributed by atoms with Crippen LogP contribution >= 0.6 is 24.8 Å². The zero-order valence-corrected chi connectivity index (χ0v) is 16.2. The smallest absolute Gasteiger partial charge is 0.230 e. The highest BCUT2D eigenvalue weighted by molar-refractivity contribution is 5.97. The van der Waals surface area contributed by atoms with Gasteiger partial charge in [-0.05, 0) is 70.3 Å². The van der Waals surface area contributed by atoms with Crippen molar-refractivity contribution in [2.24, 2.45) is 5.92 Å². The average molecular weight is 374 g/mol. The first kappa shape index (κ1) is 21.1. The first-order valence-corrected chi connectivity index (χ1v) is 8.50. The first-order chi connectivity index (χ1) is 10.6. The van der Waals surface area contributed by atoms with Crippen LogP contribution in [-0.2, 0) is 11.2 Å². The molecule has 0 aromatic heterocycles. The van der Waals surface area contributed by atoms with Gasteiger partial charge in [0.2, 0.25) is 5.91 Å². The van der Waals surface area contributed by atoms with Crippen LogP contribution in [0, 0.1) is 5.92 Å². The molecule has 0 unspecified atom stereocenters. The number of nitrogens with zero attached hydrogens (tertiary/aromatic N) is 2. The van der Waals surface area contributed by atoms with Gasteiger partial charge in [0.1, 0.15) is 0 Å². The third-order valence-electron chi connectivity index (χ3n) is 5.16. The minimum absolute atomic E-state index is 0. The van der Waals surface area contributed by atoms with Gasteiger partial charge in [0.15, 0.2) is 0 Å². The summed E-state index contributed by atoms with van der Waals surface area (Å²) in [5.41, 5.74) is 9.11. The number of likely N-dealkylation sites (tertiary alicyclic amines) is 1. The summed E-state index contributed by atoms with van der Waals surface area (Å²) in [5, 5.41) is 0. The number of anilines is 2. The third-order valence-corrected chi connectivity index (χ3v) is 5.16. The molecular weight excluding hydrogens is 345 g/mol. The van der Waals surface area contributed by atoms with E-state index in [0.29, 0.717) is 11.9 Å². The third kappa shape index (κ3) is 4.16. The van der Waals surface area contributed by atoms with Crippen LogP contribution in [0.3, 0.4) is 0 Å². The van der Waals surface area contributed by atoms with Gasteiger partial charge in [0.25, 0.3) is 0 Å². The van der Waals surface area contributed by atoms with Crippen molar-refractivity contribution in [2.75, 3.05) is 30.3 Å². The van der Waals surface area contributed by atoms with E-state index >= 15 is 0 Å². The molecule has 1 aromatic carbocycles. The average Bonchev–Trinajstić information content (AvgIpc) is 2.54. The highest BCUT2D eigenvalue weighted by atomic mass is 35.5. The van der Waals surface area contributed by atoms with Gasteiger partial charge in [0, 0.05) is 29.9 Å². The van der Waals surface area contributed by atoms with Gasteiger partial charge in [0.05, 0.1) is 0 Å². The number of hydrogen-bond acceptors (Lipinski definition) is 3. The summed E-state index contributed by atoms with van der Waals surface area (Å²) in [6, 6.07) is 6.52. The summed E-state index contributed by atoms with van der Waals surface area (Å²) in [5.74, 6) is 0.470. The van der Waals surface area contributed by atoms with Gasteiger partial charge in [-0.2, -0.15) is 0 Å². The van der Waals surface area contributed by atoms with Crippen molar-refractivity contribution in [3.05, 3.63) is 23.8 Å². The van der Waals surface area contributed by atoms with Crippen molar-refractivity contribution in [1.29, 1.82) is 0 Å². The predicted octanol–water partition coefficient (Wildman–Crippen LogP) is 3.51. The molecule has 1 fully saturated rings. The van der Waals surface area contributed by atoms with Crippen molar-refractivity contribution >= 4 is 42.1 Å². The normalized spacial score (nSPS) is 18.5. The molecule has 0 saturated carbocycles. The van der Waals surface area contributed by atoms with E-state index in [1.54, 1.807) is 0 Å². The lowest BCUT2D eigenvalue weighted by molar-refractivity contribution is -0.124.